The number of fused-ring (bicyclic) bond motifs is 1. The molecule has 1 aromatic rings. The fourth-order valence-corrected chi connectivity index (χ4v) is 3.21. The number of hydrogen-bond donors (Lipinski definition) is 2. The molecule has 3 atom stereocenters. The Morgan fingerprint density at radius 1 is 1.00 bits per heavy atom. The van der Waals surface area contributed by atoms with Crippen molar-refractivity contribution in [1.82, 2.24) is 0 Å². The van der Waals surface area contributed by atoms with Gasteiger partial charge in [0.2, 0.25) is 0 Å². The summed E-state index contributed by atoms with van der Waals surface area (Å²) in [4.78, 5) is 0. The van der Waals surface area contributed by atoms with Gasteiger partial charge in [0.1, 0.15) is 11.9 Å². The van der Waals surface area contributed by atoms with Gasteiger partial charge in [-0.05, 0) is 55.4 Å². The molecule has 0 saturated heterocycles. The average Bonchev–Trinajstić information content (AvgIpc) is 2.65. The monoisotopic (exact) mass is 262 g/mol. The van der Waals surface area contributed by atoms with E-state index in [1.807, 2.05) is 18.2 Å². The van der Waals surface area contributed by atoms with Crippen LogP contribution >= 0.6 is 0 Å². The van der Waals surface area contributed by atoms with Gasteiger partial charge in [-0.25, -0.2) is 0 Å². The molecule has 0 spiro atoms. The zero-order valence-electron chi connectivity index (χ0n) is 11.2. The van der Waals surface area contributed by atoms with Crippen LogP contribution in [0.2, 0.25) is 0 Å². The molecule has 0 amide bonds. The minimum absolute atomic E-state index is 0.0770. The number of aliphatic hydroxyl groups is 2. The predicted molar refractivity (Wildman–Crippen MR) is 73.2 cm³/mol. The average molecular weight is 262 g/mol. The summed E-state index contributed by atoms with van der Waals surface area (Å²) >= 11 is 0. The third-order valence-electron chi connectivity index (χ3n) is 4.37. The molecule has 1 saturated carbocycles. The molecular weight excluding hydrogens is 240 g/mol. The topological polar surface area (TPSA) is 49.7 Å². The lowest BCUT2D eigenvalue weighted by Crippen LogP contribution is -2.30. The second kappa shape index (κ2) is 5.51. The zero-order valence-corrected chi connectivity index (χ0v) is 11.2. The summed E-state index contributed by atoms with van der Waals surface area (Å²) in [5.74, 6) is 0.832. The third-order valence-corrected chi connectivity index (χ3v) is 4.37. The van der Waals surface area contributed by atoms with Crippen LogP contribution in [0, 0.1) is 0 Å². The molecule has 3 rings (SSSR count). The Hall–Kier alpha value is -1.06. The van der Waals surface area contributed by atoms with E-state index in [1.54, 1.807) is 0 Å². The van der Waals surface area contributed by atoms with E-state index in [0.29, 0.717) is 0 Å². The van der Waals surface area contributed by atoms with E-state index in [0.717, 1.165) is 49.8 Å². The molecule has 3 nitrogen and oxygen atoms in total. The summed E-state index contributed by atoms with van der Waals surface area (Å²) in [6, 6.07) is 5.92. The molecule has 0 aromatic heterocycles. The summed E-state index contributed by atoms with van der Waals surface area (Å²) in [5, 5.41) is 19.9. The van der Waals surface area contributed by atoms with Crippen LogP contribution < -0.4 is 4.74 Å². The van der Waals surface area contributed by atoms with Gasteiger partial charge in [-0.1, -0.05) is 18.9 Å². The van der Waals surface area contributed by atoms with E-state index in [2.05, 4.69) is 0 Å². The SMILES string of the molecule is OC1CCCCCC1Oc1ccc2c(c1)CC[C@H]2O. The van der Waals surface area contributed by atoms with E-state index >= 15 is 0 Å². The highest BCUT2D eigenvalue weighted by Crippen LogP contribution is 2.34. The lowest BCUT2D eigenvalue weighted by atomic mass is 10.1. The summed E-state index contributed by atoms with van der Waals surface area (Å²) in [6.07, 6.45) is 6.18. The van der Waals surface area contributed by atoms with Crippen molar-refractivity contribution in [3.8, 4) is 5.75 Å². The number of hydrogen-bond acceptors (Lipinski definition) is 3. The molecule has 0 bridgehead atoms. The van der Waals surface area contributed by atoms with Crippen LogP contribution in [0.5, 0.6) is 5.75 Å². The zero-order chi connectivity index (χ0) is 13.2. The molecular formula is C16H22O3. The van der Waals surface area contributed by atoms with Gasteiger partial charge in [0.15, 0.2) is 0 Å². The third kappa shape index (κ3) is 2.77. The molecule has 2 aliphatic rings. The van der Waals surface area contributed by atoms with Gasteiger partial charge in [-0.3, -0.25) is 0 Å². The lowest BCUT2D eigenvalue weighted by Gasteiger charge is -2.22. The van der Waals surface area contributed by atoms with Gasteiger partial charge in [0.05, 0.1) is 12.2 Å². The van der Waals surface area contributed by atoms with Gasteiger partial charge in [-0.2, -0.15) is 0 Å². The number of aryl methyl sites for hydroxylation is 1. The van der Waals surface area contributed by atoms with Crippen LogP contribution in [0.3, 0.4) is 0 Å². The Kier molecular flexibility index (Phi) is 3.76. The number of benzene rings is 1. The van der Waals surface area contributed by atoms with E-state index in [-0.39, 0.29) is 18.3 Å². The standard InChI is InChI=1S/C16H22O3/c17-14-9-6-11-10-12(7-8-13(11)14)19-16-5-3-1-2-4-15(16)18/h7-8,10,14-18H,1-6,9H2/t14-,15?,16?/m1/s1. The van der Waals surface area contributed by atoms with Crippen molar-refractivity contribution in [2.24, 2.45) is 0 Å². The maximum atomic E-state index is 10.1. The van der Waals surface area contributed by atoms with Crippen LogP contribution in [0.15, 0.2) is 18.2 Å². The second-order valence-electron chi connectivity index (χ2n) is 5.78. The van der Waals surface area contributed by atoms with E-state index in [1.165, 1.54) is 12.0 Å². The highest BCUT2D eigenvalue weighted by Gasteiger charge is 2.25. The van der Waals surface area contributed by atoms with Gasteiger partial charge >= 0.3 is 0 Å². The number of rotatable bonds is 2. The second-order valence-corrected chi connectivity index (χ2v) is 5.78. The van der Waals surface area contributed by atoms with Crippen molar-refractivity contribution in [2.45, 2.75) is 63.3 Å². The summed E-state index contributed by atoms with van der Waals surface area (Å²) < 4.78 is 5.98. The largest absolute Gasteiger partial charge is 0.488 e. The van der Waals surface area contributed by atoms with Crippen molar-refractivity contribution in [3.63, 3.8) is 0 Å². The Morgan fingerprint density at radius 2 is 1.84 bits per heavy atom. The van der Waals surface area contributed by atoms with Crippen molar-refractivity contribution < 1.29 is 14.9 Å². The van der Waals surface area contributed by atoms with Gasteiger partial charge in [0.25, 0.3) is 0 Å². The first-order chi connectivity index (χ1) is 9.24. The lowest BCUT2D eigenvalue weighted by molar-refractivity contribution is 0.0319. The normalized spacial score (nSPS) is 30.7. The Labute approximate surface area is 114 Å². The number of ether oxygens (including phenoxy) is 1. The van der Waals surface area contributed by atoms with E-state index in [4.69, 9.17) is 4.74 Å². The molecule has 1 fully saturated rings. The van der Waals surface area contributed by atoms with Crippen molar-refractivity contribution >= 4 is 0 Å². The quantitative estimate of drug-likeness (QED) is 0.806. The molecule has 2 aliphatic carbocycles. The van der Waals surface area contributed by atoms with Crippen LogP contribution in [0.25, 0.3) is 0 Å². The summed E-state index contributed by atoms with van der Waals surface area (Å²) in [5.41, 5.74) is 2.22. The molecule has 0 heterocycles. The molecule has 104 valence electrons. The van der Waals surface area contributed by atoms with Gasteiger partial charge < -0.3 is 14.9 Å². The van der Waals surface area contributed by atoms with Crippen LogP contribution in [-0.4, -0.2) is 22.4 Å². The van der Waals surface area contributed by atoms with Crippen LogP contribution in [-0.2, 0) is 6.42 Å². The molecule has 1 aromatic carbocycles. The molecule has 19 heavy (non-hydrogen) atoms. The van der Waals surface area contributed by atoms with E-state index in [9.17, 15) is 10.2 Å². The van der Waals surface area contributed by atoms with Crippen molar-refractivity contribution in [2.75, 3.05) is 0 Å². The molecule has 0 radical (unpaired) electrons. The van der Waals surface area contributed by atoms with E-state index < -0.39 is 0 Å². The first-order valence-corrected chi connectivity index (χ1v) is 7.39. The fourth-order valence-electron chi connectivity index (χ4n) is 3.21. The van der Waals surface area contributed by atoms with Crippen molar-refractivity contribution in [1.29, 1.82) is 0 Å². The van der Waals surface area contributed by atoms with Gasteiger partial charge in [0, 0.05) is 0 Å². The summed E-state index contributed by atoms with van der Waals surface area (Å²) in [6.45, 7) is 0. The smallest absolute Gasteiger partial charge is 0.124 e. The predicted octanol–water partition coefficient (Wildman–Crippen LogP) is 2.74. The molecule has 2 N–H and O–H groups in total. The molecule has 2 unspecified atom stereocenters. The van der Waals surface area contributed by atoms with Crippen LogP contribution in [0.4, 0.5) is 0 Å². The Bertz CT molecular complexity index is 444. The van der Waals surface area contributed by atoms with Crippen molar-refractivity contribution in [3.05, 3.63) is 29.3 Å². The number of aliphatic hydroxyl groups excluding tert-OH is 2. The molecule has 0 aliphatic heterocycles. The Balaban J connectivity index is 1.72. The van der Waals surface area contributed by atoms with Gasteiger partial charge in [-0.15, -0.1) is 0 Å². The minimum Gasteiger partial charge on any atom is -0.488 e. The minimum atomic E-state index is -0.346. The molecule has 3 heteroatoms. The maximum Gasteiger partial charge on any atom is 0.124 e. The summed E-state index contributed by atoms with van der Waals surface area (Å²) in [7, 11) is 0. The first kappa shape index (κ1) is 12.9. The Morgan fingerprint density at radius 3 is 2.74 bits per heavy atom. The van der Waals surface area contributed by atoms with Crippen LogP contribution in [0.1, 0.15) is 55.8 Å². The maximum absolute atomic E-state index is 10.1. The highest BCUT2D eigenvalue weighted by atomic mass is 16.5. The highest BCUT2D eigenvalue weighted by molar-refractivity contribution is 5.40. The fraction of sp³-hybridized carbons (Fsp3) is 0.625. The first-order valence-electron chi connectivity index (χ1n) is 7.39.